The molecule has 6 rings (SSSR count). The van der Waals surface area contributed by atoms with Crippen LogP contribution < -0.4 is 5.56 Å². The smallest absolute Gasteiger partial charge is 0.253 e. The molecule has 3 fully saturated rings. The van der Waals surface area contributed by atoms with Gasteiger partial charge >= 0.3 is 0 Å². The molecule has 1 aliphatic heterocycles. The van der Waals surface area contributed by atoms with Crippen molar-refractivity contribution in [2.24, 2.45) is 5.41 Å². The van der Waals surface area contributed by atoms with E-state index in [1.807, 2.05) is 13.0 Å². The maximum absolute atomic E-state index is 13.6. The van der Waals surface area contributed by atoms with E-state index in [9.17, 15) is 4.79 Å². The highest BCUT2D eigenvalue weighted by Crippen LogP contribution is 2.46. The lowest BCUT2D eigenvalue weighted by Crippen LogP contribution is -2.47. The number of hydrogen-bond donors (Lipinski definition) is 1. The van der Waals surface area contributed by atoms with Crippen LogP contribution in [0.25, 0.3) is 10.9 Å². The number of likely N-dealkylation sites (tertiary alicyclic amines) is 1. The van der Waals surface area contributed by atoms with Crippen LogP contribution in [0.5, 0.6) is 0 Å². The number of para-hydroxylation sites is 1. The fourth-order valence-corrected chi connectivity index (χ4v) is 7.07. The van der Waals surface area contributed by atoms with Gasteiger partial charge in [-0.3, -0.25) is 9.69 Å². The summed E-state index contributed by atoms with van der Waals surface area (Å²) in [7, 11) is 0. The summed E-state index contributed by atoms with van der Waals surface area (Å²) in [6, 6.07) is 8.42. The van der Waals surface area contributed by atoms with Crippen LogP contribution in [0.4, 0.5) is 0 Å². The molecule has 0 bridgehead atoms. The van der Waals surface area contributed by atoms with Crippen molar-refractivity contribution in [1.82, 2.24) is 30.1 Å². The molecule has 7 heteroatoms. The van der Waals surface area contributed by atoms with Crippen molar-refractivity contribution in [3.05, 3.63) is 51.6 Å². The summed E-state index contributed by atoms with van der Waals surface area (Å²) in [5, 5.41) is 14.3. The molecule has 1 spiro atoms. The van der Waals surface area contributed by atoms with Gasteiger partial charge in [-0.2, -0.15) is 0 Å². The van der Waals surface area contributed by atoms with Crippen molar-refractivity contribution in [3.63, 3.8) is 0 Å². The van der Waals surface area contributed by atoms with Gasteiger partial charge in [0, 0.05) is 12.1 Å². The summed E-state index contributed by atoms with van der Waals surface area (Å²) in [6.07, 6.45) is 13.8. The number of tetrazole rings is 1. The standard InChI is InChI=1S/C27H36N6O/c1-19-9-7-10-20-17-22(26(34)28-23(19)20)24(25-29-30-31-33(25)21-11-3-4-12-21)32-16-8-15-27(18-32)13-5-2-6-14-27/h7,9-10,17,21,24H,2-6,8,11-16,18H2,1H3,(H,28,34)/t24-/m1/s1. The molecule has 34 heavy (non-hydrogen) atoms. The quantitative estimate of drug-likeness (QED) is 0.588. The summed E-state index contributed by atoms with van der Waals surface area (Å²) in [4.78, 5) is 19.4. The van der Waals surface area contributed by atoms with Crippen LogP contribution in [0, 0.1) is 12.3 Å². The van der Waals surface area contributed by atoms with Crippen molar-refractivity contribution in [2.75, 3.05) is 13.1 Å². The molecule has 7 nitrogen and oxygen atoms in total. The third-order valence-corrected chi connectivity index (χ3v) is 8.82. The number of pyridine rings is 1. The second-order valence-corrected chi connectivity index (χ2v) is 11.1. The predicted molar refractivity (Wildman–Crippen MR) is 133 cm³/mol. The minimum absolute atomic E-state index is 0.0176. The normalized spacial score (nSPS) is 22.5. The molecule has 3 aromatic rings. The van der Waals surface area contributed by atoms with Gasteiger partial charge in [0.15, 0.2) is 5.82 Å². The zero-order valence-electron chi connectivity index (χ0n) is 20.3. The van der Waals surface area contributed by atoms with Gasteiger partial charge in [0.05, 0.1) is 11.6 Å². The van der Waals surface area contributed by atoms with Crippen LogP contribution in [0.1, 0.15) is 99.7 Å². The number of rotatable bonds is 4. The number of nitrogens with one attached hydrogen (secondary N) is 1. The lowest BCUT2D eigenvalue weighted by molar-refractivity contribution is 0.0335. The number of aromatic amines is 1. The van der Waals surface area contributed by atoms with Gasteiger partial charge in [-0.05, 0) is 84.9 Å². The van der Waals surface area contributed by atoms with E-state index in [4.69, 9.17) is 0 Å². The Morgan fingerprint density at radius 1 is 1.06 bits per heavy atom. The first-order valence-electron chi connectivity index (χ1n) is 13.3. The molecule has 1 saturated heterocycles. The number of benzene rings is 1. The minimum Gasteiger partial charge on any atom is -0.321 e. The molecular formula is C27H36N6O. The molecule has 2 aliphatic carbocycles. The number of piperidine rings is 1. The first kappa shape index (κ1) is 22.0. The van der Waals surface area contributed by atoms with Gasteiger partial charge in [0.25, 0.3) is 5.56 Å². The lowest BCUT2D eigenvalue weighted by atomic mass is 9.69. The Morgan fingerprint density at radius 2 is 1.85 bits per heavy atom. The van der Waals surface area contributed by atoms with Crippen LogP contribution in [0.3, 0.4) is 0 Å². The first-order chi connectivity index (χ1) is 16.6. The topological polar surface area (TPSA) is 79.7 Å². The number of nitrogens with zero attached hydrogens (tertiary/aromatic N) is 5. The molecular weight excluding hydrogens is 424 g/mol. The summed E-state index contributed by atoms with van der Waals surface area (Å²) >= 11 is 0. The monoisotopic (exact) mass is 460 g/mol. The van der Waals surface area contributed by atoms with Crippen molar-refractivity contribution in [3.8, 4) is 0 Å². The molecule has 1 atom stereocenters. The number of hydrogen-bond acceptors (Lipinski definition) is 5. The molecule has 2 saturated carbocycles. The average Bonchev–Trinajstić information content (AvgIpc) is 3.53. The van der Waals surface area contributed by atoms with Crippen LogP contribution in [-0.4, -0.2) is 43.2 Å². The number of H-pyrrole nitrogens is 1. The molecule has 3 aliphatic rings. The van der Waals surface area contributed by atoms with E-state index in [1.165, 1.54) is 57.8 Å². The summed E-state index contributed by atoms with van der Waals surface area (Å²) in [5.41, 5.74) is 3.15. The van der Waals surface area contributed by atoms with Gasteiger partial charge in [-0.1, -0.05) is 50.3 Å². The summed E-state index contributed by atoms with van der Waals surface area (Å²) < 4.78 is 2.06. The highest BCUT2D eigenvalue weighted by atomic mass is 16.1. The molecule has 0 radical (unpaired) electrons. The van der Waals surface area contributed by atoms with E-state index in [1.54, 1.807) is 0 Å². The first-order valence-corrected chi connectivity index (χ1v) is 13.3. The zero-order chi connectivity index (χ0) is 23.1. The third kappa shape index (κ3) is 3.88. The third-order valence-electron chi connectivity index (χ3n) is 8.82. The van der Waals surface area contributed by atoms with Crippen LogP contribution in [-0.2, 0) is 0 Å². The van der Waals surface area contributed by atoms with Crippen molar-refractivity contribution in [1.29, 1.82) is 0 Å². The van der Waals surface area contributed by atoms with E-state index < -0.39 is 0 Å². The van der Waals surface area contributed by atoms with Gasteiger partial charge in [-0.25, -0.2) is 4.68 Å². The van der Waals surface area contributed by atoms with Crippen molar-refractivity contribution < 1.29 is 0 Å². The molecule has 0 amide bonds. The SMILES string of the molecule is Cc1cccc2cc([C@H](c3nnnn3C3CCCC3)N3CCCC4(CCCCC4)C3)c(=O)[nH]c12. The highest BCUT2D eigenvalue weighted by Gasteiger charge is 2.41. The summed E-state index contributed by atoms with van der Waals surface area (Å²) in [5.74, 6) is 0.845. The fourth-order valence-electron chi connectivity index (χ4n) is 7.07. The lowest BCUT2D eigenvalue weighted by Gasteiger charge is -2.47. The van der Waals surface area contributed by atoms with E-state index in [0.29, 0.717) is 11.5 Å². The Hall–Kier alpha value is -2.54. The Morgan fingerprint density at radius 3 is 2.68 bits per heavy atom. The molecule has 180 valence electrons. The van der Waals surface area contributed by atoms with Gasteiger partial charge in [0.2, 0.25) is 0 Å². The largest absolute Gasteiger partial charge is 0.321 e. The maximum atomic E-state index is 13.6. The average molecular weight is 461 g/mol. The molecule has 3 heterocycles. The van der Waals surface area contributed by atoms with Crippen molar-refractivity contribution in [2.45, 2.75) is 89.6 Å². The minimum atomic E-state index is -0.219. The Kier molecular flexibility index (Phi) is 5.76. The second-order valence-electron chi connectivity index (χ2n) is 11.1. The van der Waals surface area contributed by atoms with Gasteiger partial charge in [0.1, 0.15) is 6.04 Å². The molecule has 1 N–H and O–H groups in total. The van der Waals surface area contributed by atoms with Crippen LogP contribution in [0.15, 0.2) is 29.1 Å². The molecule has 2 aromatic heterocycles. The van der Waals surface area contributed by atoms with Crippen LogP contribution >= 0.6 is 0 Å². The Balaban J connectivity index is 1.47. The predicted octanol–water partition coefficient (Wildman–Crippen LogP) is 5.07. The van der Waals surface area contributed by atoms with Crippen LogP contribution in [0.2, 0.25) is 0 Å². The Labute approximate surface area is 200 Å². The van der Waals surface area contributed by atoms with E-state index in [2.05, 4.69) is 48.3 Å². The Bertz CT molecular complexity index is 1210. The second kappa shape index (κ2) is 8.91. The van der Waals surface area contributed by atoms with E-state index in [-0.39, 0.29) is 11.6 Å². The van der Waals surface area contributed by atoms with E-state index in [0.717, 1.165) is 53.8 Å². The highest BCUT2D eigenvalue weighted by molar-refractivity contribution is 5.82. The van der Waals surface area contributed by atoms with Crippen molar-refractivity contribution >= 4 is 10.9 Å². The number of fused-ring (bicyclic) bond motifs is 1. The zero-order valence-corrected chi connectivity index (χ0v) is 20.3. The number of aryl methyl sites for hydroxylation is 1. The molecule has 1 aromatic carbocycles. The fraction of sp³-hybridized carbons (Fsp3) is 0.630. The molecule has 0 unspecified atom stereocenters. The van der Waals surface area contributed by atoms with Gasteiger partial charge in [-0.15, -0.1) is 5.10 Å². The van der Waals surface area contributed by atoms with Gasteiger partial charge < -0.3 is 4.98 Å². The van der Waals surface area contributed by atoms with E-state index >= 15 is 0 Å². The maximum Gasteiger partial charge on any atom is 0.253 e. The number of aromatic nitrogens is 5. The summed E-state index contributed by atoms with van der Waals surface area (Å²) in [6.45, 7) is 4.06.